The standard InChI is InChI=1S/C24H24N2O2/c27-23(25-17-16-19-10-4-1-5-11-19)24(28)26-18-22(20-12-6-2-7-13-20)21-14-8-3-9-15-21/h1-15,22H,16-18H2,(H,25,27)(H,26,28). The molecule has 0 bridgehead atoms. The molecular weight excluding hydrogens is 348 g/mol. The highest BCUT2D eigenvalue weighted by atomic mass is 16.2. The van der Waals surface area contributed by atoms with E-state index in [2.05, 4.69) is 10.6 Å². The summed E-state index contributed by atoms with van der Waals surface area (Å²) in [6, 6.07) is 29.8. The summed E-state index contributed by atoms with van der Waals surface area (Å²) in [5.74, 6) is -1.22. The minimum Gasteiger partial charge on any atom is -0.348 e. The molecule has 2 N–H and O–H groups in total. The Morgan fingerprint density at radius 3 is 1.64 bits per heavy atom. The average Bonchev–Trinajstić information content (AvgIpc) is 2.76. The summed E-state index contributed by atoms with van der Waals surface area (Å²) in [6.07, 6.45) is 0.691. The molecule has 2 amide bonds. The van der Waals surface area contributed by atoms with Crippen LogP contribution in [0.15, 0.2) is 91.0 Å². The number of amides is 2. The van der Waals surface area contributed by atoms with Crippen molar-refractivity contribution in [2.24, 2.45) is 0 Å². The zero-order valence-corrected chi connectivity index (χ0v) is 15.7. The summed E-state index contributed by atoms with van der Waals surface area (Å²) in [7, 11) is 0. The molecule has 4 nitrogen and oxygen atoms in total. The molecule has 0 saturated carbocycles. The van der Waals surface area contributed by atoms with Crippen molar-refractivity contribution in [3.63, 3.8) is 0 Å². The van der Waals surface area contributed by atoms with E-state index in [1.165, 1.54) is 0 Å². The Morgan fingerprint density at radius 1 is 0.643 bits per heavy atom. The van der Waals surface area contributed by atoms with E-state index in [0.29, 0.717) is 19.5 Å². The third kappa shape index (κ3) is 5.55. The molecule has 0 aliphatic carbocycles. The van der Waals surface area contributed by atoms with Gasteiger partial charge in [0.15, 0.2) is 0 Å². The zero-order valence-electron chi connectivity index (χ0n) is 15.7. The Bertz CT molecular complexity index is 841. The highest BCUT2D eigenvalue weighted by Crippen LogP contribution is 2.23. The highest BCUT2D eigenvalue weighted by Gasteiger charge is 2.18. The minimum atomic E-state index is -0.607. The van der Waals surface area contributed by atoms with Gasteiger partial charge in [-0.25, -0.2) is 0 Å². The normalized spacial score (nSPS) is 10.5. The van der Waals surface area contributed by atoms with Crippen LogP contribution in [0.4, 0.5) is 0 Å². The molecule has 0 unspecified atom stereocenters. The van der Waals surface area contributed by atoms with Gasteiger partial charge in [0.25, 0.3) is 0 Å². The van der Waals surface area contributed by atoms with Crippen LogP contribution in [0.2, 0.25) is 0 Å². The maximum atomic E-state index is 12.2. The average molecular weight is 372 g/mol. The van der Waals surface area contributed by atoms with Gasteiger partial charge in [-0.15, -0.1) is 0 Å². The van der Waals surface area contributed by atoms with Crippen molar-refractivity contribution < 1.29 is 9.59 Å². The van der Waals surface area contributed by atoms with Crippen molar-refractivity contribution in [2.45, 2.75) is 12.3 Å². The SMILES string of the molecule is O=C(NCCc1ccccc1)C(=O)NCC(c1ccccc1)c1ccccc1. The molecule has 4 heteroatoms. The monoisotopic (exact) mass is 372 g/mol. The van der Waals surface area contributed by atoms with Crippen molar-refractivity contribution in [1.29, 1.82) is 0 Å². The fourth-order valence-corrected chi connectivity index (χ4v) is 3.12. The summed E-state index contributed by atoms with van der Waals surface area (Å²) in [4.78, 5) is 24.3. The van der Waals surface area contributed by atoms with E-state index in [1.807, 2.05) is 91.0 Å². The summed E-state index contributed by atoms with van der Waals surface area (Å²) in [6.45, 7) is 0.788. The van der Waals surface area contributed by atoms with Gasteiger partial charge in [0.2, 0.25) is 0 Å². The second kappa shape index (κ2) is 10.1. The smallest absolute Gasteiger partial charge is 0.309 e. The van der Waals surface area contributed by atoms with Gasteiger partial charge in [-0.3, -0.25) is 9.59 Å². The summed E-state index contributed by atoms with van der Waals surface area (Å²) in [5, 5.41) is 5.46. The van der Waals surface area contributed by atoms with Crippen LogP contribution in [0.3, 0.4) is 0 Å². The van der Waals surface area contributed by atoms with Gasteiger partial charge in [-0.05, 0) is 23.1 Å². The molecule has 0 spiro atoms. The maximum absolute atomic E-state index is 12.2. The highest BCUT2D eigenvalue weighted by molar-refractivity contribution is 6.35. The van der Waals surface area contributed by atoms with Crippen LogP contribution in [0.1, 0.15) is 22.6 Å². The summed E-state index contributed by atoms with van der Waals surface area (Å²) >= 11 is 0. The van der Waals surface area contributed by atoms with Crippen LogP contribution >= 0.6 is 0 Å². The molecule has 0 heterocycles. The third-order valence-electron chi connectivity index (χ3n) is 4.62. The van der Waals surface area contributed by atoms with Gasteiger partial charge in [-0.1, -0.05) is 91.0 Å². The first-order valence-electron chi connectivity index (χ1n) is 9.44. The summed E-state index contributed by atoms with van der Waals surface area (Å²) in [5.41, 5.74) is 3.31. The van der Waals surface area contributed by atoms with Gasteiger partial charge in [0, 0.05) is 19.0 Å². The predicted octanol–water partition coefficient (Wildman–Crippen LogP) is 3.29. The van der Waals surface area contributed by atoms with Gasteiger partial charge < -0.3 is 10.6 Å². The van der Waals surface area contributed by atoms with Crippen molar-refractivity contribution in [3.8, 4) is 0 Å². The largest absolute Gasteiger partial charge is 0.348 e. The van der Waals surface area contributed by atoms with Gasteiger partial charge in [0.05, 0.1) is 0 Å². The molecule has 0 radical (unpaired) electrons. The molecule has 0 saturated heterocycles. The number of rotatable bonds is 7. The molecule has 0 fully saturated rings. The van der Waals surface area contributed by atoms with E-state index in [9.17, 15) is 9.59 Å². The maximum Gasteiger partial charge on any atom is 0.309 e. The molecule has 28 heavy (non-hydrogen) atoms. The van der Waals surface area contributed by atoms with Crippen molar-refractivity contribution in [3.05, 3.63) is 108 Å². The fraction of sp³-hybridized carbons (Fsp3) is 0.167. The Kier molecular flexibility index (Phi) is 6.96. The van der Waals surface area contributed by atoms with Gasteiger partial charge >= 0.3 is 11.8 Å². The van der Waals surface area contributed by atoms with Crippen molar-refractivity contribution >= 4 is 11.8 Å². The second-order valence-electron chi connectivity index (χ2n) is 6.58. The number of carbonyl (C=O) groups excluding carboxylic acids is 2. The molecule has 3 rings (SSSR count). The number of carbonyl (C=O) groups is 2. The van der Waals surface area contributed by atoms with Crippen molar-refractivity contribution in [2.75, 3.05) is 13.1 Å². The number of hydrogen-bond acceptors (Lipinski definition) is 2. The van der Waals surface area contributed by atoms with E-state index in [-0.39, 0.29) is 5.92 Å². The van der Waals surface area contributed by atoms with Crippen LogP contribution in [0.5, 0.6) is 0 Å². The fourth-order valence-electron chi connectivity index (χ4n) is 3.12. The molecule has 3 aromatic carbocycles. The Balaban J connectivity index is 1.55. The quantitative estimate of drug-likeness (QED) is 0.625. The van der Waals surface area contributed by atoms with Gasteiger partial charge in [-0.2, -0.15) is 0 Å². The lowest BCUT2D eigenvalue weighted by Gasteiger charge is -2.18. The molecule has 0 aromatic heterocycles. The Hall–Kier alpha value is -3.40. The van der Waals surface area contributed by atoms with Crippen LogP contribution in [0.25, 0.3) is 0 Å². The minimum absolute atomic E-state index is 0.0107. The van der Waals surface area contributed by atoms with Crippen LogP contribution < -0.4 is 10.6 Å². The van der Waals surface area contributed by atoms with Gasteiger partial charge in [0.1, 0.15) is 0 Å². The molecule has 0 aliphatic rings. The molecule has 0 aliphatic heterocycles. The van der Waals surface area contributed by atoms with Crippen molar-refractivity contribution in [1.82, 2.24) is 10.6 Å². The first-order chi connectivity index (χ1) is 13.7. The van der Waals surface area contributed by atoms with E-state index < -0.39 is 11.8 Å². The summed E-state index contributed by atoms with van der Waals surface area (Å²) < 4.78 is 0. The zero-order chi connectivity index (χ0) is 19.6. The first kappa shape index (κ1) is 19.4. The Labute approximate surface area is 165 Å². The lowest BCUT2D eigenvalue weighted by Crippen LogP contribution is -2.42. The van der Waals surface area contributed by atoms with E-state index >= 15 is 0 Å². The molecule has 3 aromatic rings. The lowest BCUT2D eigenvalue weighted by molar-refractivity contribution is -0.139. The topological polar surface area (TPSA) is 58.2 Å². The van der Waals surface area contributed by atoms with E-state index in [0.717, 1.165) is 16.7 Å². The van der Waals surface area contributed by atoms with E-state index in [1.54, 1.807) is 0 Å². The number of nitrogens with one attached hydrogen (secondary N) is 2. The van der Waals surface area contributed by atoms with E-state index in [4.69, 9.17) is 0 Å². The predicted molar refractivity (Wildman–Crippen MR) is 111 cm³/mol. The Morgan fingerprint density at radius 2 is 1.11 bits per heavy atom. The molecule has 142 valence electrons. The number of benzene rings is 3. The first-order valence-corrected chi connectivity index (χ1v) is 9.44. The van der Waals surface area contributed by atoms with Crippen LogP contribution in [0, 0.1) is 0 Å². The second-order valence-corrected chi connectivity index (χ2v) is 6.58. The van der Waals surface area contributed by atoms with Crippen LogP contribution in [-0.4, -0.2) is 24.9 Å². The number of hydrogen-bond donors (Lipinski definition) is 2. The molecule has 0 atom stereocenters. The van der Waals surface area contributed by atoms with Crippen LogP contribution in [-0.2, 0) is 16.0 Å². The third-order valence-corrected chi connectivity index (χ3v) is 4.62. The lowest BCUT2D eigenvalue weighted by atomic mass is 9.91. The molecular formula is C24H24N2O2.